The third kappa shape index (κ3) is 5.77. The lowest BCUT2D eigenvalue weighted by Crippen LogP contribution is -2.47. The van der Waals surface area contributed by atoms with Crippen LogP contribution in [0.1, 0.15) is 53.4 Å². The van der Waals surface area contributed by atoms with Crippen LogP contribution in [0.4, 0.5) is 10.5 Å². The van der Waals surface area contributed by atoms with E-state index >= 15 is 0 Å². The van der Waals surface area contributed by atoms with E-state index in [0.717, 1.165) is 31.5 Å². The molecule has 1 amide bonds. The molecule has 1 aromatic carbocycles. The highest BCUT2D eigenvalue weighted by Gasteiger charge is 2.31. The van der Waals surface area contributed by atoms with E-state index in [-0.39, 0.29) is 12.1 Å². The summed E-state index contributed by atoms with van der Waals surface area (Å²) in [7, 11) is 0. The highest BCUT2D eigenvalue weighted by molar-refractivity contribution is 5.68. The van der Waals surface area contributed by atoms with Gasteiger partial charge >= 0.3 is 6.09 Å². The van der Waals surface area contributed by atoms with Crippen molar-refractivity contribution in [2.45, 2.75) is 71.1 Å². The number of nitrogens with zero attached hydrogens (tertiary/aromatic N) is 1. The van der Waals surface area contributed by atoms with E-state index in [9.17, 15) is 4.79 Å². The Balaban J connectivity index is 1.94. The number of rotatable bonds is 4. The minimum absolute atomic E-state index is 0.172. The Morgan fingerprint density at radius 3 is 2.65 bits per heavy atom. The van der Waals surface area contributed by atoms with Crippen LogP contribution in [0.3, 0.4) is 0 Å². The van der Waals surface area contributed by atoms with Crippen LogP contribution < -0.4 is 5.32 Å². The third-order valence-corrected chi connectivity index (χ3v) is 4.07. The van der Waals surface area contributed by atoms with Crippen molar-refractivity contribution < 1.29 is 9.53 Å². The first-order valence-electron chi connectivity index (χ1n) is 8.66. The number of piperidine rings is 1. The Morgan fingerprint density at radius 1 is 1.30 bits per heavy atom. The van der Waals surface area contributed by atoms with Crippen molar-refractivity contribution in [2.24, 2.45) is 0 Å². The van der Waals surface area contributed by atoms with Crippen molar-refractivity contribution in [2.75, 3.05) is 11.9 Å². The standard InChI is InChI=1S/C19H30N2O2/c1-15(20-16-10-6-5-7-11-16)14-17-12-8-9-13-21(17)18(22)23-19(2,3)4/h5-7,10-11,15,17,20H,8-9,12-14H2,1-4H3. The first-order chi connectivity index (χ1) is 10.8. The van der Waals surface area contributed by atoms with Gasteiger partial charge in [-0.05, 0) is 65.5 Å². The van der Waals surface area contributed by atoms with Gasteiger partial charge < -0.3 is 15.0 Å². The highest BCUT2D eigenvalue weighted by atomic mass is 16.6. The number of benzene rings is 1. The topological polar surface area (TPSA) is 41.6 Å². The molecule has 128 valence electrons. The molecule has 1 aliphatic heterocycles. The fourth-order valence-corrected chi connectivity index (χ4v) is 3.09. The first kappa shape index (κ1) is 17.6. The number of carbonyl (C=O) groups is 1. The van der Waals surface area contributed by atoms with E-state index < -0.39 is 5.60 Å². The van der Waals surface area contributed by atoms with Crippen molar-refractivity contribution >= 4 is 11.8 Å². The van der Waals surface area contributed by atoms with Crippen LogP contribution in [0.25, 0.3) is 0 Å². The molecule has 23 heavy (non-hydrogen) atoms. The molecule has 1 fully saturated rings. The Bertz CT molecular complexity index is 496. The molecule has 2 atom stereocenters. The number of anilines is 1. The smallest absolute Gasteiger partial charge is 0.410 e. The Labute approximate surface area is 140 Å². The van der Waals surface area contributed by atoms with Gasteiger partial charge in [-0.1, -0.05) is 18.2 Å². The molecule has 0 spiro atoms. The summed E-state index contributed by atoms with van der Waals surface area (Å²) >= 11 is 0. The van der Waals surface area contributed by atoms with Crippen LogP contribution in [0.5, 0.6) is 0 Å². The number of hydrogen-bond acceptors (Lipinski definition) is 3. The van der Waals surface area contributed by atoms with Gasteiger partial charge in [-0.2, -0.15) is 0 Å². The van der Waals surface area contributed by atoms with Crippen molar-refractivity contribution in [1.82, 2.24) is 4.90 Å². The van der Waals surface area contributed by atoms with Crippen LogP contribution in [0.2, 0.25) is 0 Å². The van der Waals surface area contributed by atoms with Crippen LogP contribution in [-0.4, -0.2) is 35.2 Å². The zero-order valence-electron chi connectivity index (χ0n) is 14.8. The van der Waals surface area contributed by atoms with Gasteiger partial charge in [0.1, 0.15) is 5.60 Å². The average Bonchev–Trinajstić information content (AvgIpc) is 2.47. The van der Waals surface area contributed by atoms with Gasteiger partial charge in [-0.3, -0.25) is 0 Å². The zero-order chi connectivity index (χ0) is 16.9. The highest BCUT2D eigenvalue weighted by Crippen LogP contribution is 2.24. The first-order valence-corrected chi connectivity index (χ1v) is 8.66. The van der Waals surface area contributed by atoms with Gasteiger partial charge in [-0.25, -0.2) is 4.79 Å². The number of hydrogen-bond donors (Lipinski definition) is 1. The molecule has 1 N–H and O–H groups in total. The van der Waals surface area contributed by atoms with Gasteiger partial charge in [0.2, 0.25) is 0 Å². The van der Waals surface area contributed by atoms with Gasteiger partial charge in [0.05, 0.1) is 0 Å². The summed E-state index contributed by atoms with van der Waals surface area (Å²) in [5.74, 6) is 0. The van der Waals surface area contributed by atoms with E-state index in [4.69, 9.17) is 4.74 Å². The van der Waals surface area contributed by atoms with Crippen molar-refractivity contribution in [1.29, 1.82) is 0 Å². The summed E-state index contributed by atoms with van der Waals surface area (Å²) in [4.78, 5) is 14.4. The molecule has 2 rings (SSSR count). The molecule has 0 bridgehead atoms. The summed E-state index contributed by atoms with van der Waals surface area (Å²) in [6, 6.07) is 10.8. The van der Waals surface area contributed by atoms with E-state index in [1.807, 2.05) is 43.9 Å². The summed E-state index contributed by atoms with van der Waals surface area (Å²) in [5.41, 5.74) is 0.687. The molecule has 0 saturated carbocycles. The zero-order valence-corrected chi connectivity index (χ0v) is 14.8. The van der Waals surface area contributed by atoms with Crippen molar-refractivity contribution in [3.8, 4) is 0 Å². The van der Waals surface area contributed by atoms with E-state index in [1.54, 1.807) is 0 Å². The molecule has 1 aromatic rings. The van der Waals surface area contributed by atoms with Crippen molar-refractivity contribution in [3.05, 3.63) is 30.3 Å². The maximum absolute atomic E-state index is 12.4. The third-order valence-electron chi connectivity index (χ3n) is 4.07. The molecular weight excluding hydrogens is 288 g/mol. The average molecular weight is 318 g/mol. The van der Waals surface area contributed by atoms with Crippen LogP contribution in [-0.2, 0) is 4.74 Å². The molecule has 1 heterocycles. The maximum Gasteiger partial charge on any atom is 0.410 e. The molecule has 1 aliphatic rings. The lowest BCUT2D eigenvalue weighted by molar-refractivity contribution is 0.00852. The monoisotopic (exact) mass is 318 g/mol. The quantitative estimate of drug-likeness (QED) is 0.877. The molecule has 2 unspecified atom stereocenters. The number of amides is 1. The number of para-hydroxylation sites is 1. The van der Waals surface area contributed by atoms with Gasteiger partial charge in [0, 0.05) is 24.3 Å². The second-order valence-corrected chi connectivity index (χ2v) is 7.47. The molecule has 0 radical (unpaired) electrons. The molecule has 0 aromatic heterocycles. The summed E-state index contributed by atoms with van der Waals surface area (Å²) in [5, 5.41) is 3.52. The van der Waals surface area contributed by atoms with Gasteiger partial charge in [-0.15, -0.1) is 0 Å². The second kappa shape index (κ2) is 7.71. The minimum atomic E-state index is -0.438. The van der Waals surface area contributed by atoms with E-state index in [2.05, 4.69) is 24.4 Å². The Hall–Kier alpha value is -1.71. The number of likely N-dealkylation sites (tertiary alicyclic amines) is 1. The predicted octanol–water partition coefficient (Wildman–Crippen LogP) is 4.67. The maximum atomic E-state index is 12.4. The van der Waals surface area contributed by atoms with Gasteiger partial charge in [0.15, 0.2) is 0 Å². The van der Waals surface area contributed by atoms with E-state index in [1.165, 1.54) is 6.42 Å². The molecule has 4 nitrogen and oxygen atoms in total. The van der Waals surface area contributed by atoms with Crippen molar-refractivity contribution in [3.63, 3.8) is 0 Å². The van der Waals surface area contributed by atoms with E-state index in [0.29, 0.717) is 6.04 Å². The fourth-order valence-electron chi connectivity index (χ4n) is 3.09. The molecule has 1 saturated heterocycles. The predicted molar refractivity (Wildman–Crippen MR) is 94.7 cm³/mol. The summed E-state index contributed by atoms with van der Waals surface area (Å²) in [6.45, 7) is 8.74. The number of ether oxygens (including phenoxy) is 1. The van der Waals surface area contributed by atoms with Gasteiger partial charge in [0.25, 0.3) is 0 Å². The lowest BCUT2D eigenvalue weighted by Gasteiger charge is -2.38. The Morgan fingerprint density at radius 2 is 2.00 bits per heavy atom. The van der Waals surface area contributed by atoms with Crippen LogP contribution in [0.15, 0.2) is 30.3 Å². The minimum Gasteiger partial charge on any atom is -0.444 e. The SMILES string of the molecule is CC(CC1CCCCN1C(=O)OC(C)(C)C)Nc1ccccc1. The normalized spacial score (nSPS) is 20.0. The molecular formula is C19H30N2O2. The Kier molecular flexibility index (Phi) is 5.91. The fraction of sp³-hybridized carbons (Fsp3) is 0.632. The summed E-state index contributed by atoms with van der Waals surface area (Å²) < 4.78 is 5.57. The van der Waals surface area contributed by atoms with Crippen LogP contribution >= 0.6 is 0 Å². The molecule has 0 aliphatic carbocycles. The lowest BCUT2D eigenvalue weighted by atomic mass is 9.96. The molecule has 4 heteroatoms. The second-order valence-electron chi connectivity index (χ2n) is 7.47. The largest absolute Gasteiger partial charge is 0.444 e. The summed E-state index contributed by atoms with van der Waals surface area (Å²) in [6.07, 6.45) is 4.07. The number of carbonyl (C=O) groups excluding carboxylic acids is 1. The van der Waals surface area contributed by atoms with Crippen LogP contribution in [0, 0.1) is 0 Å². The number of nitrogens with one attached hydrogen (secondary N) is 1.